The molecule has 2 heterocycles. The van der Waals surface area contributed by atoms with E-state index in [-0.39, 0.29) is 0 Å². The van der Waals surface area contributed by atoms with E-state index in [1.807, 2.05) is 18.2 Å². The van der Waals surface area contributed by atoms with Gasteiger partial charge in [0.2, 0.25) is 0 Å². The number of para-hydroxylation sites is 1. The van der Waals surface area contributed by atoms with Gasteiger partial charge in [-0.3, -0.25) is 4.90 Å². The fraction of sp³-hybridized carbons (Fsp3) is 0.625. The average molecular weight is 245 g/mol. The Balaban J connectivity index is 1.58. The van der Waals surface area contributed by atoms with Crippen LogP contribution < -0.4 is 4.74 Å². The Hall–Kier alpha value is -1.02. The molecule has 2 fully saturated rings. The second-order valence-electron chi connectivity index (χ2n) is 5.63. The zero-order chi connectivity index (χ0) is 12.2. The zero-order valence-corrected chi connectivity index (χ0v) is 11.1. The fourth-order valence-electron chi connectivity index (χ4n) is 3.49. The van der Waals surface area contributed by atoms with Crippen LogP contribution in [-0.4, -0.2) is 30.6 Å². The Bertz CT molecular complexity index is 363. The van der Waals surface area contributed by atoms with Crippen LogP contribution in [0, 0.1) is 5.92 Å². The molecule has 0 aliphatic carbocycles. The predicted molar refractivity (Wildman–Crippen MR) is 73.9 cm³/mol. The van der Waals surface area contributed by atoms with Gasteiger partial charge in [-0.15, -0.1) is 0 Å². The van der Waals surface area contributed by atoms with Crippen molar-refractivity contribution in [3.05, 3.63) is 30.3 Å². The van der Waals surface area contributed by atoms with Crippen molar-refractivity contribution in [1.82, 2.24) is 4.90 Å². The minimum Gasteiger partial charge on any atom is -0.493 e. The maximum absolute atomic E-state index is 5.97. The highest BCUT2D eigenvalue weighted by Gasteiger charge is 2.33. The van der Waals surface area contributed by atoms with Gasteiger partial charge in [0.15, 0.2) is 0 Å². The SMILES string of the molecule is c1ccc(OC[C@H]2CCCN3CCCC[C@H]23)cc1. The molecule has 2 aliphatic rings. The van der Waals surface area contributed by atoms with Gasteiger partial charge in [0.05, 0.1) is 6.61 Å². The molecule has 0 aromatic heterocycles. The molecule has 0 N–H and O–H groups in total. The smallest absolute Gasteiger partial charge is 0.119 e. The van der Waals surface area contributed by atoms with Crippen molar-refractivity contribution >= 4 is 0 Å². The lowest BCUT2D eigenvalue weighted by molar-refractivity contribution is 0.0366. The molecule has 0 spiro atoms. The molecule has 0 bridgehead atoms. The summed E-state index contributed by atoms with van der Waals surface area (Å²) in [6.45, 7) is 3.52. The average Bonchev–Trinajstić information content (AvgIpc) is 2.46. The van der Waals surface area contributed by atoms with Crippen molar-refractivity contribution in [3.63, 3.8) is 0 Å². The van der Waals surface area contributed by atoms with Crippen molar-refractivity contribution < 1.29 is 4.74 Å². The first-order chi connectivity index (χ1) is 8.93. The van der Waals surface area contributed by atoms with Gasteiger partial charge in [-0.05, 0) is 50.9 Å². The molecule has 1 aromatic carbocycles. The highest BCUT2D eigenvalue weighted by molar-refractivity contribution is 5.20. The minimum absolute atomic E-state index is 0.735. The Morgan fingerprint density at radius 1 is 1.00 bits per heavy atom. The number of hydrogen-bond acceptors (Lipinski definition) is 2. The van der Waals surface area contributed by atoms with Gasteiger partial charge in [-0.1, -0.05) is 24.6 Å². The summed E-state index contributed by atoms with van der Waals surface area (Å²) >= 11 is 0. The molecule has 2 nitrogen and oxygen atoms in total. The lowest BCUT2D eigenvalue weighted by Crippen LogP contribution is -2.49. The predicted octanol–water partition coefficient (Wildman–Crippen LogP) is 3.33. The zero-order valence-electron chi connectivity index (χ0n) is 11.1. The maximum Gasteiger partial charge on any atom is 0.119 e. The van der Waals surface area contributed by atoms with Crippen LogP contribution in [0.1, 0.15) is 32.1 Å². The molecular formula is C16H23NO. The summed E-state index contributed by atoms with van der Waals surface area (Å²) in [4.78, 5) is 2.70. The molecule has 2 heteroatoms. The third kappa shape index (κ3) is 2.69. The van der Waals surface area contributed by atoms with Crippen LogP contribution in [-0.2, 0) is 0 Å². The van der Waals surface area contributed by atoms with E-state index in [1.165, 1.54) is 45.2 Å². The monoisotopic (exact) mass is 245 g/mol. The van der Waals surface area contributed by atoms with Crippen LogP contribution in [0.2, 0.25) is 0 Å². The normalized spacial score (nSPS) is 28.7. The summed E-state index contributed by atoms with van der Waals surface area (Å²) in [5.41, 5.74) is 0. The van der Waals surface area contributed by atoms with Crippen molar-refractivity contribution in [2.75, 3.05) is 19.7 Å². The highest BCUT2D eigenvalue weighted by atomic mass is 16.5. The lowest BCUT2D eigenvalue weighted by Gasteiger charge is -2.44. The number of fused-ring (bicyclic) bond motifs is 1. The molecule has 1 aromatic rings. The number of nitrogens with zero attached hydrogens (tertiary/aromatic N) is 1. The van der Waals surface area contributed by atoms with Crippen molar-refractivity contribution in [2.24, 2.45) is 5.92 Å². The summed E-state index contributed by atoms with van der Waals surface area (Å²) in [5, 5.41) is 0. The van der Waals surface area contributed by atoms with Gasteiger partial charge in [-0.25, -0.2) is 0 Å². The molecule has 0 saturated carbocycles. The van der Waals surface area contributed by atoms with E-state index < -0.39 is 0 Å². The van der Waals surface area contributed by atoms with Gasteiger partial charge in [-0.2, -0.15) is 0 Å². The van der Waals surface area contributed by atoms with Crippen LogP contribution in [0.5, 0.6) is 5.75 Å². The molecule has 2 aliphatic heterocycles. The first-order valence-corrected chi connectivity index (χ1v) is 7.35. The van der Waals surface area contributed by atoms with E-state index in [4.69, 9.17) is 4.74 Å². The minimum atomic E-state index is 0.735. The lowest BCUT2D eigenvalue weighted by atomic mass is 9.84. The molecular weight excluding hydrogens is 222 g/mol. The standard InChI is InChI=1S/C16H23NO/c1-2-8-15(9-3-1)18-13-14-7-6-12-17-11-5-4-10-16(14)17/h1-3,8-9,14,16H,4-7,10-13H2/t14-,16-/m1/s1. The van der Waals surface area contributed by atoms with Crippen molar-refractivity contribution in [2.45, 2.75) is 38.1 Å². The second-order valence-corrected chi connectivity index (χ2v) is 5.63. The Morgan fingerprint density at radius 3 is 2.72 bits per heavy atom. The van der Waals surface area contributed by atoms with Crippen molar-refractivity contribution in [1.29, 1.82) is 0 Å². The molecule has 98 valence electrons. The van der Waals surface area contributed by atoms with Gasteiger partial charge >= 0.3 is 0 Å². The quantitative estimate of drug-likeness (QED) is 0.810. The van der Waals surface area contributed by atoms with E-state index in [1.54, 1.807) is 0 Å². The van der Waals surface area contributed by atoms with Gasteiger partial charge in [0, 0.05) is 12.0 Å². The van der Waals surface area contributed by atoms with Crippen LogP contribution in [0.15, 0.2) is 30.3 Å². The number of hydrogen-bond donors (Lipinski definition) is 0. The number of piperidine rings is 2. The summed E-state index contributed by atoms with van der Waals surface area (Å²) in [6.07, 6.45) is 6.86. The first-order valence-electron chi connectivity index (χ1n) is 7.35. The molecule has 2 atom stereocenters. The van der Waals surface area contributed by atoms with Crippen LogP contribution in [0.25, 0.3) is 0 Å². The number of ether oxygens (including phenoxy) is 1. The van der Waals surface area contributed by atoms with Crippen LogP contribution in [0.3, 0.4) is 0 Å². The van der Waals surface area contributed by atoms with E-state index in [9.17, 15) is 0 Å². The highest BCUT2D eigenvalue weighted by Crippen LogP contribution is 2.31. The topological polar surface area (TPSA) is 12.5 Å². The number of rotatable bonds is 3. The summed E-state index contributed by atoms with van der Waals surface area (Å²) in [7, 11) is 0. The second kappa shape index (κ2) is 5.75. The molecule has 0 amide bonds. The molecule has 3 rings (SSSR count). The van der Waals surface area contributed by atoms with Gasteiger partial charge in [0.1, 0.15) is 5.75 Å². The Kier molecular flexibility index (Phi) is 3.84. The van der Waals surface area contributed by atoms with Gasteiger partial charge < -0.3 is 4.74 Å². The summed E-state index contributed by atoms with van der Waals surface area (Å²) < 4.78 is 5.97. The molecule has 0 unspecified atom stereocenters. The maximum atomic E-state index is 5.97. The Labute approximate surface area is 110 Å². The molecule has 0 radical (unpaired) electrons. The van der Waals surface area contributed by atoms with Gasteiger partial charge in [0.25, 0.3) is 0 Å². The third-order valence-electron chi connectivity index (χ3n) is 4.44. The van der Waals surface area contributed by atoms with E-state index in [0.29, 0.717) is 0 Å². The first kappa shape index (κ1) is 12.0. The number of benzene rings is 1. The van der Waals surface area contributed by atoms with E-state index >= 15 is 0 Å². The fourth-order valence-corrected chi connectivity index (χ4v) is 3.49. The molecule has 2 saturated heterocycles. The van der Waals surface area contributed by atoms with Crippen molar-refractivity contribution in [3.8, 4) is 5.75 Å². The summed E-state index contributed by atoms with van der Waals surface area (Å²) in [6, 6.07) is 11.0. The Morgan fingerprint density at radius 2 is 1.83 bits per heavy atom. The van der Waals surface area contributed by atoms with Crippen LogP contribution >= 0.6 is 0 Å². The summed E-state index contributed by atoms with van der Waals surface area (Å²) in [5.74, 6) is 1.75. The molecule has 18 heavy (non-hydrogen) atoms. The largest absolute Gasteiger partial charge is 0.493 e. The third-order valence-corrected chi connectivity index (χ3v) is 4.44. The van der Waals surface area contributed by atoms with E-state index in [2.05, 4.69) is 17.0 Å². The van der Waals surface area contributed by atoms with Crippen LogP contribution in [0.4, 0.5) is 0 Å². The van der Waals surface area contributed by atoms with E-state index in [0.717, 1.165) is 24.3 Å².